The molecule has 0 atom stereocenters. The predicted octanol–water partition coefficient (Wildman–Crippen LogP) is 0.0449. The lowest BCUT2D eigenvalue weighted by molar-refractivity contribution is -0.132. The third-order valence-corrected chi connectivity index (χ3v) is 3.43. The summed E-state index contributed by atoms with van der Waals surface area (Å²) in [4.78, 5) is 27.7. The number of carbonyl (C=O) groups excluding carboxylic acids is 2. The van der Waals surface area contributed by atoms with Crippen LogP contribution in [-0.2, 0) is 9.59 Å². The van der Waals surface area contributed by atoms with Crippen LogP contribution in [0, 0.1) is 0 Å². The molecule has 1 saturated heterocycles. The van der Waals surface area contributed by atoms with E-state index in [0.717, 1.165) is 26.1 Å². The second-order valence-electron chi connectivity index (χ2n) is 6.61. The van der Waals surface area contributed by atoms with E-state index in [1.807, 2.05) is 32.6 Å². The number of nitrogens with zero attached hydrogens (tertiary/aromatic N) is 2. The van der Waals surface area contributed by atoms with Gasteiger partial charge in [-0.05, 0) is 27.2 Å². The SMILES string of the molecule is CCCNC(=O)CN1CCN(C(=O)CNC(C)(C)C)CC1. The molecule has 21 heavy (non-hydrogen) atoms. The zero-order valence-electron chi connectivity index (χ0n) is 13.9. The monoisotopic (exact) mass is 298 g/mol. The highest BCUT2D eigenvalue weighted by molar-refractivity contribution is 5.79. The van der Waals surface area contributed by atoms with Gasteiger partial charge in [-0.15, -0.1) is 0 Å². The van der Waals surface area contributed by atoms with Crippen LogP contribution < -0.4 is 10.6 Å². The quantitative estimate of drug-likeness (QED) is 0.727. The zero-order chi connectivity index (χ0) is 15.9. The van der Waals surface area contributed by atoms with Crippen molar-refractivity contribution in [2.75, 3.05) is 45.8 Å². The Morgan fingerprint density at radius 2 is 1.71 bits per heavy atom. The summed E-state index contributed by atoms with van der Waals surface area (Å²) >= 11 is 0. The second-order valence-corrected chi connectivity index (χ2v) is 6.61. The normalized spacial score (nSPS) is 16.9. The number of carbonyl (C=O) groups is 2. The van der Waals surface area contributed by atoms with E-state index in [2.05, 4.69) is 15.5 Å². The third kappa shape index (κ3) is 7.43. The molecule has 0 aromatic carbocycles. The molecule has 1 fully saturated rings. The molecule has 0 spiro atoms. The van der Waals surface area contributed by atoms with Crippen molar-refractivity contribution in [3.63, 3.8) is 0 Å². The van der Waals surface area contributed by atoms with E-state index in [1.165, 1.54) is 0 Å². The summed E-state index contributed by atoms with van der Waals surface area (Å²) in [7, 11) is 0. The molecule has 6 nitrogen and oxygen atoms in total. The Hall–Kier alpha value is -1.14. The minimum absolute atomic E-state index is 0.0468. The van der Waals surface area contributed by atoms with E-state index in [1.54, 1.807) is 0 Å². The molecule has 0 unspecified atom stereocenters. The standard InChI is InChI=1S/C15H30N4O2/c1-5-6-16-13(20)12-18-7-9-19(10-8-18)14(21)11-17-15(2,3)4/h17H,5-12H2,1-4H3,(H,16,20). The summed E-state index contributed by atoms with van der Waals surface area (Å²) in [5.74, 6) is 0.214. The maximum Gasteiger partial charge on any atom is 0.236 e. The molecule has 0 bridgehead atoms. The minimum Gasteiger partial charge on any atom is -0.355 e. The van der Waals surface area contributed by atoms with Crippen molar-refractivity contribution in [3.8, 4) is 0 Å². The minimum atomic E-state index is -0.0468. The Kier molecular flexibility index (Phi) is 7.11. The van der Waals surface area contributed by atoms with E-state index in [4.69, 9.17) is 0 Å². The number of piperazine rings is 1. The Morgan fingerprint density at radius 3 is 2.24 bits per heavy atom. The van der Waals surface area contributed by atoms with Crippen molar-refractivity contribution in [3.05, 3.63) is 0 Å². The molecule has 0 aliphatic carbocycles. The maximum absolute atomic E-state index is 12.1. The molecule has 6 heteroatoms. The Labute approximate surface area is 128 Å². The first-order chi connectivity index (χ1) is 9.81. The summed E-state index contributed by atoms with van der Waals surface area (Å²) in [5, 5.41) is 6.10. The Bertz CT molecular complexity index is 344. The summed E-state index contributed by atoms with van der Waals surface area (Å²) in [6.07, 6.45) is 0.953. The van der Waals surface area contributed by atoms with Crippen LogP contribution in [0.5, 0.6) is 0 Å². The van der Waals surface area contributed by atoms with Crippen LogP contribution in [0.1, 0.15) is 34.1 Å². The lowest BCUT2D eigenvalue weighted by Crippen LogP contribution is -2.53. The molecule has 0 aromatic rings. The van der Waals surface area contributed by atoms with Gasteiger partial charge in [-0.3, -0.25) is 14.5 Å². The average Bonchev–Trinajstić information content (AvgIpc) is 2.42. The molecule has 1 rings (SSSR count). The van der Waals surface area contributed by atoms with Crippen molar-refractivity contribution in [2.45, 2.75) is 39.7 Å². The summed E-state index contributed by atoms with van der Waals surface area (Å²) in [6, 6.07) is 0. The van der Waals surface area contributed by atoms with E-state index >= 15 is 0 Å². The van der Waals surface area contributed by atoms with Crippen LogP contribution in [0.25, 0.3) is 0 Å². The maximum atomic E-state index is 12.1. The van der Waals surface area contributed by atoms with Gasteiger partial charge in [-0.1, -0.05) is 6.92 Å². The first kappa shape index (κ1) is 17.9. The number of rotatable bonds is 6. The van der Waals surface area contributed by atoms with Crippen LogP contribution in [0.2, 0.25) is 0 Å². The fraction of sp³-hybridized carbons (Fsp3) is 0.867. The molecular weight excluding hydrogens is 268 g/mol. The van der Waals surface area contributed by atoms with Crippen LogP contribution in [0.3, 0.4) is 0 Å². The molecule has 0 aromatic heterocycles. The van der Waals surface area contributed by atoms with Gasteiger partial charge in [0.15, 0.2) is 0 Å². The Balaban J connectivity index is 2.25. The number of amides is 2. The molecule has 122 valence electrons. The van der Waals surface area contributed by atoms with E-state index in [9.17, 15) is 9.59 Å². The highest BCUT2D eigenvalue weighted by Crippen LogP contribution is 2.03. The molecule has 2 amide bonds. The van der Waals surface area contributed by atoms with Crippen LogP contribution >= 0.6 is 0 Å². The molecule has 0 radical (unpaired) electrons. The smallest absolute Gasteiger partial charge is 0.236 e. The molecule has 1 aliphatic rings. The second kappa shape index (κ2) is 8.34. The topological polar surface area (TPSA) is 64.7 Å². The third-order valence-electron chi connectivity index (χ3n) is 3.43. The number of hydrogen-bond donors (Lipinski definition) is 2. The van der Waals surface area contributed by atoms with Crippen molar-refractivity contribution in [1.29, 1.82) is 0 Å². The zero-order valence-corrected chi connectivity index (χ0v) is 13.9. The first-order valence-corrected chi connectivity index (χ1v) is 7.83. The van der Waals surface area contributed by atoms with Gasteiger partial charge in [0.2, 0.25) is 11.8 Å². The van der Waals surface area contributed by atoms with Crippen LogP contribution in [-0.4, -0.2) is 73.0 Å². The van der Waals surface area contributed by atoms with Gasteiger partial charge in [0, 0.05) is 38.3 Å². The lowest BCUT2D eigenvalue weighted by atomic mass is 10.1. The number of nitrogens with one attached hydrogen (secondary N) is 2. The van der Waals surface area contributed by atoms with Gasteiger partial charge in [0.05, 0.1) is 13.1 Å². The first-order valence-electron chi connectivity index (χ1n) is 7.83. The summed E-state index contributed by atoms with van der Waals surface area (Å²) in [5.41, 5.74) is -0.0468. The van der Waals surface area contributed by atoms with Crippen LogP contribution in [0.4, 0.5) is 0 Å². The van der Waals surface area contributed by atoms with Gasteiger partial charge in [-0.2, -0.15) is 0 Å². The lowest BCUT2D eigenvalue weighted by Gasteiger charge is -2.35. The summed E-state index contributed by atoms with van der Waals surface area (Å²) < 4.78 is 0. The average molecular weight is 298 g/mol. The Morgan fingerprint density at radius 1 is 1.10 bits per heavy atom. The summed E-state index contributed by atoms with van der Waals surface area (Å²) in [6.45, 7) is 12.7. The van der Waals surface area contributed by atoms with Gasteiger partial charge < -0.3 is 15.5 Å². The number of hydrogen-bond acceptors (Lipinski definition) is 4. The van der Waals surface area contributed by atoms with E-state index in [0.29, 0.717) is 26.2 Å². The van der Waals surface area contributed by atoms with Crippen molar-refractivity contribution < 1.29 is 9.59 Å². The van der Waals surface area contributed by atoms with Gasteiger partial charge in [-0.25, -0.2) is 0 Å². The van der Waals surface area contributed by atoms with E-state index < -0.39 is 0 Å². The fourth-order valence-corrected chi connectivity index (χ4v) is 2.13. The largest absolute Gasteiger partial charge is 0.355 e. The molecule has 1 aliphatic heterocycles. The van der Waals surface area contributed by atoms with Crippen molar-refractivity contribution in [1.82, 2.24) is 20.4 Å². The van der Waals surface area contributed by atoms with Crippen molar-refractivity contribution in [2.24, 2.45) is 0 Å². The predicted molar refractivity (Wildman–Crippen MR) is 84.1 cm³/mol. The fourth-order valence-electron chi connectivity index (χ4n) is 2.13. The van der Waals surface area contributed by atoms with Gasteiger partial charge >= 0.3 is 0 Å². The van der Waals surface area contributed by atoms with Gasteiger partial charge in [0.25, 0.3) is 0 Å². The van der Waals surface area contributed by atoms with E-state index in [-0.39, 0.29) is 17.4 Å². The molecule has 2 N–H and O–H groups in total. The van der Waals surface area contributed by atoms with Gasteiger partial charge in [0.1, 0.15) is 0 Å². The highest BCUT2D eigenvalue weighted by atomic mass is 16.2. The molecule has 0 saturated carbocycles. The van der Waals surface area contributed by atoms with Crippen molar-refractivity contribution >= 4 is 11.8 Å². The van der Waals surface area contributed by atoms with Crippen LogP contribution in [0.15, 0.2) is 0 Å². The molecule has 1 heterocycles. The highest BCUT2D eigenvalue weighted by Gasteiger charge is 2.23. The molecular formula is C15H30N4O2.